The molecule has 0 unspecified atom stereocenters. The van der Waals surface area contributed by atoms with Gasteiger partial charge in [0.2, 0.25) is 0 Å². The molecule has 0 radical (unpaired) electrons. The number of hydrogen-bond donors (Lipinski definition) is 2. The first-order valence-electron chi connectivity index (χ1n) is 10.1. The number of nitrogens with one attached hydrogen (secondary N) is 2. The summed E-state index contributed by atoms with van der Waals surface area (Å²) >= 11 is 17.9. The van der Waals surface area contributed by atoms with Crippen molar-refractivity contribution in [2.75, 3.05) is 12.4 Å². The highest BCUT2D eigenvalue weighted by molar-refractivity contribution is 7.80. The number of benzene rings is 4. The molecule has 0 aliphatic carbocycles. The molecule has 178 valence electrons. The van der Waals surface area contributed by atoms with Gasteiger partial charge in [-0.2, -0.15) is 0 Å². The van der Waals surface area contributed by atoms with Crippen molar-refractivity contribution < 1.29 is 23.0 Å². The van der Waals surface area contributed by atoms with Gasteiger partial charge < -0.3 is 14.8 Å². The molecule has 0 heterocycles. The molecule has 0 aliphatic rings. The zero-order valence-electron chi connectivity index (χ0n) is 18.0. The largest absolute Gasteiger partial charge is 0.496 e. The molecule has 0 aromatic heterocycles. The van der Waals surface area contributed by atoms with Gasteiger partial charge >= 0.3 is 0 Å². The molecule has 2 N–H and O–H groups in total. The average Bonchev–Trinajstić information content (AvgIpc) is 2.81. The molecule has 0 saturated heterocycles. The van der Waals surface area contributed by atoms with Crippen LogP contribution in [0.1, 0.15) is 10.4 Å². The van der Waals surface area contributed by atoms with Crippen molar-refractivity contribution in [3.05, 3.63) is 94.0 Å². The number of methoxy groups -OCH3 is 1. The van der Waals surface area contributed by atoms with E-state index in [0.29, 0.717) is 17.2 Å². The highest BCUT2D eigenvalue weighted by atomic mass is 35.5. The van der Waals surface area contributed by atoms with Crippen molar-refractivity contribution in [2.24, 2.45) is 0 Å². The molecular weight excluding hydrogens is 517 g/mol. The Balaban J connectivity index is 1.53. The summed E-state index contributed by atoms with van der Waals surface area (Å²) in [6.45, 7) is 0. The van der Waals surface area contributed by atoms with Crippen molar-refractivity contribution in [1.82, 2.24) is 5.32 Å². The molecule has 0 fully saturated rings. The van der Waals surface area contributed by atoms with Gasteiger partial charge in [-0.05, 0) is 48.6 Å². The maximum atomic E-state index is 13.8. The predicted octanol–water partition coefficient (Wildman–Crippen LogP) is 7.35. The van der Waals surface area contributed by atoms with E-state index in [1.807, 2.05) is 24.3 Å². The van der Waals surface area contributed by atoms with Crippen molar-refractivity contribution in [1.29, 1.82) is 0 Å². The second-order valence-electron chi connectivity index (χ2n) is 7.19. The number of rotatable bonds is 5. The van der Waals surface area contributed by atoms with E-state index >= 15 is 0 Å². The predicted molar refractivity (Wildman–Crippen MR) is 137 cm³/mol. The molecule has 4 aromatic rings. The van der Waals surface area contributed by atoms with Gasteiger partial charge in [0.25, 0.3) is 5.91 Å². The summed E-state index contributed by atoms with van der Waals surface area (Å²) < 4.78 is 39.1. The van der Waals surface area contributed by atoms with Crippen LogP contribution in [0, 0.1) is 11.6 Å². The first-order chi connectivity index (χ1) is 16.8. The minimum Gasteiger partial charge on any atom is -0.496 e. The van der Waals surface area contributed by atoms with Crippen LogP contribution in [0.4, 0.5) is 14.5 Å². The fourth-order valence-electron chi connectivity index (χ4n) is 3.39. The molecule has 10 heteroatoms. The molecule has 0 aliphatic heterocycles. The number of ether oxygens (including phenoxy) is 2. The second kappa shape index (κ2) is 10.4. The Kier molecular flexibility index (Phi) is 7.35. The molecule has 0 spiro atoms. The van der Waals surface area contributed by atoms with E-state index in [9.17, 15) is 13.6 Å². The molecule has 1 amide bonds. The van der Waals surface area contributed by atoms with Gasteiger partial charge in [0.05, 0.1) is 17.2 Å². The van der Waals surface area contributed by atoms with Crippen LogP contribution in [0.3, 0.4) is 0 Å². The van der Waals surface area contributed by atoms with Crippen molar-refractivity contribution in [3.8, 4) is 17.2 Å². The molecule has 0 atom stereocenters. The first-order valence-corrected chi connectivity index (χ1v) is 11.2. The SMILES string of the molecule is COc1ccc(Oc2c(Cl)cc(NC(=S)NC(=O)c3c(F)cccc3F)cc2Cl)c2ccccc12. The first kappa shape index (κ1) is 24.7. The summed E-state index contributed by atoms with van der Waals surface area (Å²) in [5.74, 6) is -1.65. The third-order valence-electron chi connectivity index (χ3n) is 4.95. The van der Waals surface area contributed by atoms with Gasteiger partial charge in [-0.3, -0.25) is 10.1 Å². The van der Waals surface area contributed by atoms with Gasteiger partial charge in [0.15, 0.2) is 10.9 Å². The van der Waals surface area contributed by atoms with Crippen LogP contribution in [0.2, 0.25) is 10.0 Å². The highest BCUT2D eigenvalue weighted by Gasteiger charge is 2.19. The van der Waals surface area contributed by atoms with Gasteiger partial charge in [0.1, 0.15) is 28.7 Å². The number of fused-ring (bicyclic) bond motifs is 1. The Hall–Kier alpha value is -3.46. The summed E-state index contributed by atoms with van der Waals surface area (Å²) in [7, 11) is 1.58. The van der Waals surface area contributed by atoms with Crippen LogP contribution < -0.4 is 20.1 Å². The Labute approximate surface area is 214 Å². The Bertz CT molecular complexity index is 1420. The summed E-state index contributed by atoms with van der Waals surface area (Å²) in [4.78, 5) is 12.2. The number of anilines is 1. The van der Waals surface area contributed by atoms with Crippen molar-refractivity contribution in [2.45, 2.75) is 0 Å². The Morgan fingerprint density at radius 2 is 1.46 bits per heavy atom. The maximum absolute atomic E-state index is 13.8. The topological polar surface area (TPSA) is 59.6 Å². The second-order valence-corrected chi connectivity index (χ2v) is 8.41. The number of hydrogen-bond acceptors (Lipinski definition) is 4. The number of halogens is 4. The van der Waals surface area contributed by atoms with E-state index in [0.717, 1.165) is 29.0 Å². The monoisotopic (exact) mass is 532 g/mol. The Morgan fingerprint density at radius 1 is 0.886 bits per heavy atom. The molecule has 0 saturated carbocycles. The van der Waals surface area contributed by atoms with Gasteiger partial charge in [-0.15, -0.1) is 0 Å². The number of thiocarbonyl (C=S) groups is 1. The van der Waals surface area contributed by atoms with Crippen LogP contribution in [-0.4, -0.2) is 18.1 Å². The summed E-state index contributed by atoms with van der Waals surface area (Å²) in [6, 6.07) is 17.1. The van der Waals surface area contributed by atoms with Crippen LogP contribution in [-0.2, 0) is 0 Å². The van der Waals surface area contributed by atoms with Crippen LogP contribution in [0.25, 0.3) is 10.8 Å². The summed E-state index contributed by atoms with van der Waals surface area (Å²) in [5.41, 5.74) is -0.422. The van der Waals surface area contributed by atoms with E-state index < -0.39 is 23.1 Å². The van der Waals surface area contributed by atoms with E-state index in [-0.39, 0.29) is 20.9 Å². The Morgan fingerprint density at radius 3 is 2.06 bits per heavy atom. The fourth-order valence-corrected chi connectivity index (χ4v) is 4.17. The maximum Gasteiger partial charge on any atom is 0.263 e. The van der Waals surface area contributed by atoms with Gasteiger partial charge in [0, 0.05) is 16.5 Å². The van der Waals surface area contributed by atoms with E-state index in [1.54, 1.807) is 19.2 Å². The minimum atomic E-state index is -1.04. The lowest BCUT2D eigenvalue weighted by molar-refractivity contribution is 0.0969. The molecular formula is C25H16Cl2F2N2O3S. The standard InChI is InChI=1S/C25H16Cl2F2N2O3S/c1-33-20-9-10-21(15-6-3-2-5-14(15)20)34-23-16(26)11-13(12-17(23)27)30-25(35)31-24(32)22-18(28)7-4-8-19(22)29/h2-12H,1H3,(H2,30,31,32,35). The smallest absolute Gasteiger partial charge is 0.263 e. The van der Waals surface area contributed by atoms with E-state index in [1.165, 1.54) is 12.1 Å². The summed E-state index contributed by atoms with van der Waals surface area (Å²) in [5, 5.41) is 6.70. The molecule has 0 bridgehead atoms. The number of carbonyl (C=O) groups excluding carboxylic acids is 1. The lowest BCUT2D eigenvalue weighted by Crippen LogP contribution is -2.35. The van der Waals surface area contributed by atoms with Gasteiger partial charge in [-0.1, -0.05) is 53.5 Å². The average molecular weight is 533 g/mol. The number of carbonyl (C=O) groups is 1. The molecule has 4 rings (SSSR count). The zero-order valence-corrected chi connectivity index (χ0v) is 20.3. The molecule has 5 nitrogen and oxygen atoms in total. The van der Waals surface area contributed by atoms with Crippen LogP contribution >= 0.6 is 35.4 Å². The lowest BCUT2D eigenvalue weighted by atomic mass is 10.1. The van der Waals surface area contributed by atoms with Crippen molar-refractivity contribution in [3.63, 3.8) is 0 Å². The van der Waals surface area contributed by atoms with E-state index in [2.05, 4.69) is 10.6 Å². The fraction of sp³-hybridized carbons (Fsp3) is 0.0400. The normalized spacial score (nSPS) is 10.7. The molecule has 35 heavy (non-hydrogen) atoms. The molecule has 4 aromatic carbocycles. The quantitative estimate of drug-likeness (QED) is 0.263. The van der Waals surface area contributed by atoms with Crippen molar-refractivity contribution >= 4 is 62.9 Å². The zero-order chi connectivity index (χ0) is 25.1. The van der Waals surface area contributed by atoms with Crippen LogP contribution in [0.15, 0.2) is 66.7 Å². The summed E-state index contributed by atoms with van der Waals surface area (Å²) in [6.07, 6.45) is 0. The minimum absolute atomic E-state index is 0.161. The lowest BCUT2D eigenvalue weighted by Gasteiger charge is -2.15. The third kappa shape index (κ3) is 5.30. The van der Waals surface area contributed by atoms with Gasteiger partial charge in [-0.25, -0.2) is 8.78 Å². The third-order valence-corrected chi connectivity index (χ3v) is 5.71. The number of amides is 1. The van der Waals surface area contributed by atoms with E-state index in [4.69, 9.17) is 44.9 Å². The highest BCUT2D eigenvalue weighted by Crippen LogP contribution is 2.42. The van der Waals surface area contributed by atoms with Crippen LogP contribution in [0.5, 0.6) is 17.2 Å².